The van der Waals surface area contributed by atoms with Gasteiger partial charge in [0.05, 0.1) is 0 Å². The van der Waals surface area contributed by atoms with Gasteiger partial charge in [0.15, 0.2) is 0 Å². The van der Waals surface area contributed by atoms with Crippen LogP contribution in [0.2, 0.25) is 5.02 Å². The van der Waals surface area contributed by atoms with Crippen molar-refractivity contribution in [1.82, 2.24) is 10.6 Å². The number of amidine groups is 1. The summed E-state index contributed by atoms with van der Waals surface area (Å²) in [6.45, 7) is 0.671. The molecule has 0 atom stereocenters. The van der Waals surface area contributed by atoms with Crippen LogP contribution < -0.4 is 10.6 Å². The van der Waals surface area contributed by atoms with E-state index in [2.05, 4.69) is 15.0 Å². The minimum atomic E-state index is -3.63. The molecule has 1 amide bonds. The van der Waals surface area contributed by atoms with Gasteiger partial charge < -0.3 is 10.6 Å². The zero-order valence-electron chi connectivity index (χ0n) is 12.5. The van der Waals surface area contributed by atoms with Crippen molar-refractivity contribution in [2.75, 3.05) is 13.1 Å². The van der Waals surface area contributed by atoms with E-state index in [1.54, 1.807) is 42.5 Å². The Hall–Kier alpha value is -2.38. The fourth-order valence-electron chi connectivity index (χ4n) is 2.29. The van der Waals surface area contributed by atoms with Gasteiger partial charge in [-0.2, -0.15) is 8.42 Å². The highest BCUT2D eigenvalue weighted by Gasteiger charge is 2.27. The first-order valence-electron chi connectivity index (χ1n) is 7.19. The monoisotopic (exact) mass is 363 g/mol. The molecule has 0 aromatic heterocycles. The highest BCUT2D eigenvalue weighted by molar-refractivity contribution is 7.90. The topological polar surface area (TPSA) is 87.6 Å². The van der Waals surface area contributed by atoms with E-state index in [0.29, 0.717) is 35.1 Å². The van der Waals surface area contributed by atoms with Crippen LogP contribution in [-0.2, 0) is 10.0 Å². The minimum absolute atomic E-state index is 0.192. The van der Waals surface area contributed by atoms with E-state index in [9.17, 15) is 13.2 Å². The summed E-state index contributed by atoms with van der Waals surface area (Å²) in [5, 5.41) is 6.24. The molecule has 0 unspecified atom stereocenters. The van der Waals surface area contributed by atoms with Crippen molar-refractivity contribution in [2.45, 2.75) is 4.90 Å². The summed E-state index contributed by atoms with van der Waals surface area (Å²) >= 11 is 5.78. The number of carbonyl (C=O) groups excluding carboxylic acids is 1. The second kappa shape index (κ2) is 6.62. The number of nitrogens with zero attached hydrogens (tertiary/aromatic N) is 1. The lowest BCUT2D eigenvalue weighted by Gasteiger charge is -2.08. The van der Waals surface area contributed by atoms with Crippen molar-refractivity contribution in [1.29, 1.82) is 0 Å². The largest absolute Gasteiger partial charge is 0.367 e. The summed E-state index contributed by atoms with van der Waals surface area (Å²) in [4.78, 5) is 12.1. The van der Waals surface area contributed by atoms with E-state index in [1.165, 1.54) is 6.07 Å². The second-order valence-electron chi connectivity index (χ2n) is 5.10. The molecule has 6 nitrogen and oxygen atoms in total. The first kappa shape index (κ1) is 16.5. The molecule has 2 aromatic rings. The molecule has 0 spiro atoms. The molecule has 1 heterocycles. The van der Waals surface area contributed by atoms with Crippen molar-refractivity contribution in [3.05, 3.63) is 64.7 Å². The molecule has 124 valence electrons. The van der Waals surface area contributed by atoms with Crippen LogP contribution in [0.25, 0.3) is 0 Å². The summed E-state index contributed by atoms with van der Waals surface area (Å²) in [5.74, 6) is 0.0705. The predicted molar refractivity (Wildman–Crippen MR) is 92.0 cm³/mol. The molecule has 0 fully saturated rings. The zero-order valence-corrected chi connectivity index (χ0v) is 14.1. The maximum absolute atomic E-state index is 11.9. The van der Waals surface area contributed by atoms with Gasteiger partial charge in [0.25, 0.3) is 15.9 Å². The second-order valence-corrected chi connectivity index (χ2v) is 7.11. The maximum atomic E-state index is 11.9. The average Bonchev–Trinajstić information content (AvgIpc) is 2.83. The molecule has 3 rings (SSSR count). The Morgan fingerprint density at radius 2 is 1.75 bits per heavy atom. The number of hydrogen-bond donors (Lipinski definition) is 2. The van der Waals surface area contributed by atoms with E-state index < -0.39 is 10.0 Å². The van der Waals surface area contributed by atoms with Crippen LogP contribution in [0.5, 0.6) is 0 Å². The van der Waals surface area contributed by atoms with Crippen molar-refractivity contribution in [2.24, 2.45) is 4.40 Å². The van der Waals surface area contributed by atoms with Gasteiger partial charge in [0, 0.05) is 29.2 Å². The number of fused-ring (bicyclic) bond motifs is 1. The Balaban J connectivity index is 1.56. The SMILES string of the molecule is O=C(NCCNC1=NS(=O)(=O)c2ccccc21)c1ccc(Cl)cc1. The molecule has 0 aliphatic carbocycles. The summed E-state index contributed by atoms with van der Waals surface area (Å²) < 4.78 is 27.5. The van der Waals surface area contributed by atoms with Crippen LogP contribution >= 0.6 is 11.6 Å². The third kappa shape index (κ3) is 3.42. The van der Waals surface area contributed by atoms with Crippen molar-refractivity contribution < 1.29 is 13.2 Å². The third-order valence-corrected chi connectivity index (χ3v) is 5.03. The molecule has 8 heteroatoms. The first-order chi connectivity index (χ1) is 11.5. The van der Waals surface area contributed by atoms with Crippen molar-refractivity contribution >= 4 is 33.4 Å². The van der Waals surface area contributed by atoms with Gasteiger partial charge in [-0.15, -0.1) is 4.40 Å². The quantitative estimate of drug-likeness (QED) is 0.811. The van der Waals surface area contributed by atoms with E-state index in [1.807, 2.05) is 0 Å². The van der Waals surface area contributed by atoms with Crippen LogP contribution in [-0.4, -0.2) is 33.3 Å². The van der Waals surface area contributed by atoms with Crippen LogP contribution in [0.1, 0.15) is 15.9 Å². The third-order valence-electron chi connectivity index (χ3n) is 3.44. The number of halogens is 1. The Bertz CT molecular complexity index is 908. The number of hydrogen-bond acceptors (Lipinski definition) is 4. The molecule has 1 aliphatic rings. The Morgan fingerprint density at radius 3 is 2.50 bits per heavy atom. The number of benzene rings is 2. The Morgan fingerprint density at radius 1 is 1.04 bits per heavy atom. The number of rotatable bonds is 4. The van der Waals surface area contributed by atoms with Crippen LogP contribution in [0.3, 0.4) is 0 Å². The lowest BCUT2D eigenvalue weighted by molar-refractivity contribution is 0.0954. The molecular weight excluding hydrogens is 350 g/mol. The number of amides is 1. The number of sulfonamides is 1. The molecule has 0 bridgehead atoms. The smallest absolute Gasteiger partial charge is 0.285 e. The molecule has 0 radical (unpaired) electrons. The van der Waals surface area contributed by atoms with E-state index in [-0.39, 0.29) is 10.8 Å². The summed E-state index contributed by atoms with van der Waals surface area (Å²) in [6, 6.07) is 13.2. The van der Waals surface area contributed by atoms with Gasteiger partial charge in [0.2, 0.25) is 0 Å². The number of carbonyl (C=O) groups is 1. The standard InChI is InChI=1S/C16H14ClN3O3S/c17-12-7-5-11(6-8-12)16(21)19-10-9-18-15-13-3-1-2-4-14(13)24(22,23)20-15/h1-8H,9-10H2,(H,18,20)(H,19,21). The molecule has 0 saturated carbocycles. The normalized spacial score (nSPS) is 14.6. The van der Waals surface area contributed by atoms with Gasteiger partial charge in [0.1, 0.15) is 10.7 Å². The minimum Gasteiger partial charge on any atom is -0.367 e. The van der Waals surface area contributed by atoms with Gasteiger partial charge in [-0.3, -0.25) is 4.79 Å². The summed E-state index contributed by atoms with van der Waals surface area (Å²) in [5.41, 5.74) is 1.05. The molecule has 1 aliphatic heterocycles. The number of nitrogens with one attached hydrogen (secondary N) is 2. The Kier molecular flexibility index (Phi) is 4.55. The van der Waals surface area contributed by atoms with E-state index >= 15 is 0 Å². The van der Waals surface area contributed by atoms with Gasteiger partial charge in [-0.25, -0.2) is 0 Å². The van der Waals surface area contributed by atoms with Crippen LogP contribution in [0.15, 0.2) is 57.8 Å². The van der Waals surface area contributed by atoms with Gasteiger partial charge in [-0.1, -0.05) is 23.7 Å². The van der Waals surface area contributed by atoms with Crippen LogP contribution in [0, 0.1) is 0 Å². The Labute approximate surface area is 144 Å². The predicted octanol–water partition coefficient (Wildman–Crippen LogP) is 1.81. The fourth-order valence-corrected chi connectivity index (χ4v) is 3.61. The van der Waals surface area contributed by atoms with Gasteiger partial charge in [-0.05, 0) is 36.4 Å². The lowest BCUT2D eigenvalue weighted by Crippen LogP contribution is -2.34. The van der Waals surface area contributed by atoms with Crippen molar-refractivity contribution in [3.8, 4) is 0 Å². The van der Waals surface area contributed by atoms with E-state index in [4.69, 9.17) is 11.6 Å². The van der Waals surface area contributed by atoms with E-state index in [0.717, 1.165) is 0 Å². The van der Waals surface area contributed by atoms with Crippen LogP contribution in [0.4, 0.5) is 0 Å². The lowest BCUT2D eigenvalue weighted by atomic mass is 10.2. The van der Waals surface area contributed by atoms with Crippen molar-refractivity contribution in [3.63, 3.8) is 0 Å². The summed E-state index contributed by atoms with van der Waals surface area (Å²) in [6.07, 6.45) is 0. The molecule has 2 N–H and O–H groups in total. The maximum Gasteiger partial charge on any atom is 0.285 e. The zero-order chi connectivity index (χ0) is 17.2. The average molecular weight is 364 g/mol. The molecule has 0 saturated heterocycles. The molecular formula is C16H14ClN3O3S. The first-order valence-corrected chi connectivity index (χ1v) is 9.01. The fraction of sp³-hybridized carbons (Fsp3) is 0.125. The van der Waals surface area contributed by atoms with Gasteiger partial charge >= 0.3 is 0 Å². The molecule has 2 aromatic carbocycles. The highest BCUT2D eigenvalue weighted by atomic mass is 35.5. The summed E-state index contributed by atoms with van der Waals surface area (Å²) in [7, 11) is -3.63. The highest BCUT2D eigenvalue weighted by Crippen LogP contribution is 2.24. The molecule has 24 heavy (non-hydrogen) atoms.